The van der Waals surface area contributed by atoms with Crippen molar-refractivity contribution in [2.45, 2.75) is 13.3 Å². The third-order valence-corrected chi connectivity index (χ3v) is 7.40. The Labute approximate surface area is 205 Å². The molecule has 0 radical (unpaired) electrons. The summed E-state index contributed by atoms with van der Waals surface area (Å²) in [6.07, 6.45) is 5.13. The van der Waals surface area contributed by atoms with Crippen molar-refractivity contribution in [2.24, 2.45) is 23.7 Å². The zero-order chi connectivity index (χ0) is 23.9. The summed E-state index contributed by atoms with van der Waals surface area (Å²) < 4.78 is 5.89. The van der Waals surface area contributed by atoms with Crippen molar-refractivity contribution in [3.63, 3.8) is 0 Å². The lowest BCUT2D eigenvalue weighted by atomic mass is 9.85. The van der Waals surface area contributed by atoms with Crippen LogP contribution in [0.3, 0.4) is 0 Å². The molecule has 2 bridgehead atoms. The lowest BCUT2D eigenvalue weighted by molar-refractivity contribution is -0.123. The van der Waals surface area contributed by atoms with Crippen molar-refractivity contribution in [1.29, 1.82) is 0 Å². The van der Waals surface area contributed by atoms with Crippen molar-refractivity contribution in [3.05, 3.63) is 114 Å². The van der Waals surface area contributed by atoms with E-state index in [4.69, 9.17) is 4.74 Å². The summed E-state index contributed by atoms with van der Waals surface area (Å²) in [5.74, 6) is -0.606. The van der Waals surface area contributed by atoms with Crippen LogP contribution in [0.2, 0.25) is 0 Å². The van der Waals surface area contributed by atoms with Crippen molar-refractivity contribution in [3.8, 4) is 5.75 Å². The summed E-state index contributed by atoms with van der Waals surface area (Å²) in [5, 5.41) is 0. The first kappa shape index (κ1) is 21.6. The second-order valence-corrected chi connectivity index (χ2v) is 9.38. The zero-order valence-electron chi connectivity index (χ0n) is 19.6. The van der Waals surface area contributed by atoms with Crippen LogP contribution in [0.25, 0.3) is 5.57 Å². The Morgan fingerprint density at radius 3 is 1.80 bits per heavy atom. The number of anilines is 1. The monoisotopic (exact) mass is 461 g/mol. The van der Waals surface area contributed by atoms with E-state index in [-0.39, 0.29) is 35.5 Å². The quantitative estimate of drug-likeness (QED) is 0.339. The maximum absolute atomic E-state index is 13.8. The highest BCUT2D eigenvalue weighted by molar-refractivity contribution is 6.24. The molecule has 3 aromatic rings. The third-order valence-electron chi connectivity index (χ3n) is 7.40. The molecule has 0 N–H and O–H groups in total. The molecule has 2 fully saturated rings. The predicted molar refractivity (Wildman–Crippen MR) is 137 cm³/mol. The first-order valence-corrected chi connectivity index (χ1v) is 12.3. The van der Waals surface area contributed by atoms with Crippen molar-refractivity contribution in [2.75, 3.05) is 11.5 Å². The number of hydrogen-bond acceptors (Lipinski definition) is 3. The number of carbonyl (C=O) groups excluding carboxylic acids is 2. The number of para-hydroxylation sites is 2. The van der Waals surface area contributed by atoms with Gasteiger partial charge in [-0.3, -0.25) is 9.59 Å². The molecule has 1 heterocycles. The molecule has 2 aliphatic carbocycles. The van der Waals surface area contributed by atoms with Crippen molar-refractivity contribution >= 4 is 23.1 Å². The molecule has 0 aromatic heterocycles. The van der Waals surface area contributed by atoms with E-state index in [1.165, 1.54) is 10.5 Å². The van der Waals surface area contributed by atoms with E-state index >= 15 is 0 Å². The van der Waals surface area contributed by atoms with Gasteiger partial charge in [0.1, 0.15) is 5.75 Å². The Morgan fingerprint density at radius 2 is 1.26 bits per heavy atom. The van der Waals surface area contributed by atoms with Gasteiger partial charge in [-0.2, -0.15) is 0 Å². The zero-order valence-corrected chi connectivity index (χ0v) is 19.6. The second kappa shape index (κ2) is 8.70. The number of carbonyl (C=O) groups is 2. The highest BCUT2D eigenvalue weighted by atomic mass is 16.5. The normalized spacial score (nSPS) is 24.3. The lowest BCUT2D eigenvalue weighted by Gasteiger charge is -2.23. The molecule has 174 valence electrons. The summed E-state index contributed by atoms with van der Waals surface area (Å²) in [4.78, 5) is 29.1. The largest absolute Gasteiger partial charge is 0.491 e. The van der Waals surface area contributed by atoms with Crippen LogP contribution in [0.4, 0.5) is 5.69 Å². The van der Waals surface area contributed by atoms with Crippen molar-refractivity contribution in [1.82, 2.24) is 0 Å². The van der Waals surface area contributed by atoms with Crippen LogP contribution in [-0.2, 0) is 9.59 Å². The smallest absolute Gasteiger partial charge is 0.238 e. The Hall–Kier alpha value is -3.92. The van der Waals surface area contributed by atoms with Gasteiger partial charge in [-0.25, -0.2) is 4.90 Å². The number of amides is 2. The molecule has 1 aliphatic heterocycles. The van der Waals surface area contributed by atoms with Gasteiger partial charge < -0.3 is 4.74 Å². The molecule has 0 unspecified atom stereocenters. The van der Waals surface area contributed by atoms with Gasteiger partial charge in [-0.05, 0) is 40.8 Å². The molecule has 1 saturated heterocycles. The van der Waals surface area contributed by atoms with E-state index in [2.05, 4.69) is 36.4 Å². The second-order valence-electron chi connectivity index (χ2n) is 9.38. The number of nitrogens with zero attached hydrogens (tertiary/aromatic N) is 1. The molecule has 4 nitrogen and oxygen atoms in total. The highest BCUT2D eigenvalue weighted by Gasteiger charge is 2.62. The predicted octanol–water partition coefficient (Wildman–Crippen LogP) is 5.90. The summed E-state index contributed by atoms with van der Waals surface area (Å²) in [5.41, 5.74) is 5.11. The van der Waals surface area contributed by atoms with Gasteiger partial charge in [-0.15, -0.1) is 0 Å². The van der Waals surface area contributed by atoms with E-state index in [1.807, 2.05) is 67.6 Å². The van der Waals surface area contributed by atoms with Crippen LogP contribution in [0.1, 0.15) is 24.5 Å². The molecule has 4 atom stereocenters. The van der Waals surface area contributed by atoms with Gasteiger partial charge >= 0.3 is 0 Å². The van der Waals surface area contributed by atoms with E-state index in [0.29, 0.717) is 18.0 Å². The van der Waals surface area contributed by atoms with E-state index in [9.17, 15) is 9.59 Å². The van der Waals surface area contributed by atoms with Crippen LogP contribution in [0.5, 0.6) is 5.75 Å². The van der Waals surface area contributed by atoms with Gasteiger partial charge in [-0.1, -0.05) is 91.9 Å². The summed E-state index contributed by atoms with van der Waals surface area (Å²) in [7, 11) is 0. The fourth-order valence-corrected chi connectivity index (χ4v) is 6.02. The lowest BCUT2D eigenvalue weighted by Crippen LogP contribution is -2.33. The number of benzene rings is 3. The molecule has 4 heteroatoms. The van der Waals surface area contributed by atoms with Gasteiger partial charge in [0, 0.05) is 11.8 Å². The Kier molecular flexibility index (Phi) is 5.37. The first-order chi connectivity index (χ1) is 17.2. The molecular formula is C31H27NO3. The standard InChI is InChI=1S/C31H27NO3/c1-2-19-35-25-16-10-9-15-24(25)32-30(33)28-22-17-18-23(29(28)31(32)34)27(22)26(20-11-5-3-6-12-20)21-13-7-4-8-14-21/h3-18,22-23,28-29H,2,19H2,1H3/t22-,23-,28-,29-/m0/s1. The first-order valence-electron chi connectivity index (χ1n) is 12.3. The molecule has 3 aliphatic rings. The van der Waals surface area contributed by atoms with Crippen molar-refractivity contribution < 1.29 is 14.3 Å². The minimum absolute atomic E-state index is 0.0921. The van der Waals surface area contributed by atoms with Crippen LogP contribution >= 0.6 is 0 Å². The van der Waals surface area contributed by atoms with Crippen LogP contribution in [-0.4, -0.2) is 18.4 Å². The number of imide groups is 1. The maximum atomic E-state index is 13.8. The minimum atomic E-state index is -0.380. The SMILES string of the molecule is CCCOc1ccccc1N1C(=O)[C@@H]2[C@@H](C1=O)[C@H]1C=C[C@H]2C1=C(c1ccccc1)c1ccccc1. The topological polar surface area (TPSA) is 46.6 Å². The maximum Gasteiger partial charge on any atom is 0.238 e. The number of fused-ring (bicyclic) bond motifs is 5. The van der Waals surface area contributed by atoms with Gasteiger partial charge in [0.05, 0.1) is 24.1 Å². The average Bonchev–Trinajstić information content (AvgIpc) is 3.53. The van der Waals surface area contributed by atoms with Gasteiger partial charge in [0.25, 0.3) is 0 Å². The molecule has 3 aromatic carbocycles. The fraction of sp³-hybridized carbons (Fsp3) is 0.226. The molecule has 1 saturated carbocycles. The molecule has 0 spiro atoms. The number of hydrogen-bond donors (Lipinski definition) is 0. The highest BCUT2D eigenvalue weighted by Crippen LogP contribution is 2.59. The number of rotatable bonds is 6. The number of allylic oxidation sites excluding steroid dienone is 3. The third kappa shape index (κ3) is 3.35. The minimum Gasteiger partial charge on any atom is -0.491 e. The van der Waals surface area contributed by atoms with E-state index < -0.39 is 0 Å². The van der Waals surface area contributed by atoms with Crippen LogP contribution < -0.4 is 9.64 Å². The molecule has 35 heavy (non-hydrogen) atoms. The fourth-order valence-electron chi connectivity index (χ4n) is 6.02. The van der Waals surface area contributed by atoms with Crippen LogP contribution in [0.15, 0.2) is 103 Å². The molecule has 2 amide bonds. The Morgan fingerprint density at radius 1 is 0.743 bits per heavy atom. The molecular weight excluding hydrogens is 434 g/mol. The van der Waals surface area contributed by atoms with Gasteiger partial charge in [0.2, 0.25) is 11.8 Å². The summed E-state index contributed by atoms with van der Waals surface area (Å²) in [6.45, 7) is 2.57. The average molecular weight is 462 g/mol. The van der Waals surface area contributed by atoms with E-state index in [1.54, 1.807) is 0 Å². The Bertz CT molecular complexity index is 1270. The summed E-state index contributed by atoms with van der Waals surface area (Å²) >= 11 is 0. The Balaban J connectivity index is 1.44. The number of ether oxygens (including phenoxy) is 1. The van der Waals surface area contributed by atoms with E-state index in [0.717, 1.165) is 23.1 Å². The van der Waals surface area contributed by atoms with Crippen LogP contribution in [0, 0.1) is 23.7 Å². The van der Waals surface area contributed by atoms with Gasteiger partial charge in [0.15, 0.2) is 0 Å². The summed E-state index contributed by atoms with van der Waals surface area (Å²) in [6, 6.07) is 28.0. The molecule has 6 rings (SSSR count).